The summed E-state index contributed by atoms with van der Waals surface area (Å²) < 4.78 is 39.6. The summed E-state index contributed by atoms with van der Waals surface area (Å²) in [6, 6.07) is 27.1. The Balaban J connectivity index is 1.22. The van der Waals surface area contributed by atoms with E-state index in [1.54, 1.807) is 0 Å². The number of aromatic nitrogens is 2. The molecule has 2 amide bonds. The molecule has 11 heteroatoms. The van der Waals surface area contributed by atoms with Gasteiger partial charge >= 0.3 is 0 Å². The highest BCUT2D eigenvalue weighted by atomic mass is 19.1. The Labute approximate surface area is 245 Å². The molecule has 0 aliphatic carbocycles. The van der Waals surface area contributed by atoms with Gasteiger partial charge in [-0.05, 0) is 71.8 Å². The lowest BCUT2D eigenvalue weighted by Gasteiger charge is -2.15. The number of primary amides is 1. The molecule has 4 N–H and O–H groups in total. The molecule has 4 aromatic carbocycles. The van der Waals surface area contributed by atoms with E-state index in [-0.39, 0.29) is 22.9 Å². The molecule has 0 fully saturated rings. The number of halogens is 2. The van der Waals surface area contributed by atoms with Crippen LogP contribution in [0.4, 0.5) is 26.0 Å². The van der Waals surface area contributed by atoms with Gasteiger partial charge in [0, 0.05) is 17.4 Å². The van der Waals surface area contributed by atoms with Crippen molar-refractivity contribution in [3.05, 3.63) is 132 Å². The smallest absolute Gasteiger partial charge is 0.241 e. The highest BCUT2D eigenvalue weighted by molar-refractivity contribution is 6.10. The monoisotopic (exact) mass is 581 g/mol. The number of ether oxygens (including phenoxy) is 2. The number of amides is 2. The molecule has 9 nitrogen and oxygen atoms in total. The Morgan fingerprint density at radius 2 is 1.56 bits per heavy atom. The molecule has 0 spiro atoms. The third-order valence-electron chi connectivity index (χ3n) is 6.18. The Morgan fingerprint density at radius 3 is 2.26 bits per heavy atom. The van der Waals surface area contributed by atoms with Gasteiger partial charge in [-0.3, -0.25) is 9.59 Å². The first-order valence-corrected chi connectivity index (χ1v) is 13.0. The van der Waals surface area contributed by atoms with Gasteiger partial charge in [-0.25, -0.2) is 18.7 Å². The Hall–Kier alpha value is -5.84. The number of nitrogens with two attached hydrogens (primary N) is 1. The molecule has 1 atom stereocenters. The standard InChI is InChI=1S/C32H25F2N5O4/c33-22-7-9-24(10-8-22)39-32(41)30(31(35)40)21-6-15-27(26(34)16-21)43-29-17-28(36-19-37-29)38-23-11-13-25(14-12-23)42-18-20-4-2-1-3-5-20/h1-17,19,30H,18H2,(H2,35,40)(H,39,41)(H,36,37,38). The summed E-state index contributed by atoms with van der Waals surface area (Å²) in [6.45, 7) is 0.449. The van der Waals surface area contributed by atoms with E-state index in [1.165, 1.54) is 36.7 Å². The lowest BCUT2D eigenvalue weighted by Crippen LogP contribution is -2.32. The molecular formula is C32H25F2N5O4. The van der Waals surface area contributed by atoms with E-state index in [0.29, 0.717) is 18.2 Å². The van der Waals surface area contributed by atoms with E-state index in [2.05, 4.69) is 20.6 Å². The number of hydrogen-bond donors (Lipinski definition) is 3. The van der Waals surface area contributed by atoms with Crippen molar-refractivity contribution >= 4 is 29.0 Å². The van der Waals surface area contributed by atoms with E-state index in [0.717, 1.165) is 29.4 Å². The van der Waals surface area contributed by atoms with Crippen molar-refractivity contribution in [3.63, 3.8) is 0 Å². The van der Waals surface area contributed by atoms with Crippen LogP contribution in [-0.2, 0) is 16.2 Å². The zero-order valence-corrected chi connectivity index (χ0v) is 22.5. The Bertz CT molecular complexity index is 1720. The molecule has 0 radical (unpaired) electrons. The van der Waals surface area contributed by atoms with Crippen LogP contribution >= 0.6 is 0 Å². The summed E-state index contributed by atoms with van der Waals surface area (Å²) in [6.07, 6.45) is 1.25. The summed E-state index contributed by atoms with van der Waals surface area (Å²) in [5.41, 5.74) is 7.49. The van der Waals surface area contributed by atoms with Gasteiger partial charge in [0.05, 0.1) is 0 Å². The normalized spacial score (nSPS) is 11.3. The first-order valence-electron chi connectivity index (χ1n) is 13.0. The van der Waals surface area contributed by atoms with Gasteiger partial charge in [-0.1, -0.05) is 36.4 Å². The second kappa shape index (κ2) is 13.2. The highest BCUT2D eigenvalue weighted by Gasteiger charge is 2.28. The predicted octanol–water partition coefficient (Wildman–Crippen LogP) is 6.08. The quantitative estimate of drug-likeness (QED) is 0.161. The SMILES string of the molecule is NC(=O)C(C(=O)Nc1ccc(F)cc1)c1ccc(Oc2cc(Nc3ccc(OCc4ccccc4)cc3)ncn2)c(F)c1. The lowest BCUT2D eigenvalue weighted by molar-refractivity contribution is -0.127. The average molecular weight is 582 g/mol. The molecule has 0 saturated heterocycles. The van der Waals surface area contributed by atoms with Gasteiger partial charge in [-0.15, -0.1) is 0 Å². The average Bonchev–Trinajstić information content (AvgIpc) is 3.00. The summed E-state index contributed by atoms with van der Waals surface area (Å²) >= 11 is 0. The van der Waals surface area contributed by atoms with Gasteiger partial charge in [0.1, 0.15) is 36.2 Å². The van der Waals surface area contributed by atoms with Crippen LogP contribution in [0.1, 0.15) is 17.0 Å². The van der Waals surface area contributed by atoms with Crippen LogP contribution in [0.3, 0.4) is 0 Å². The number of carbonyl (C=O) groups excluding carboxylic acids is 2. The van der Waals surface area contributed by atoms with Crippen LogP contribution in [0.15, 0.2) is 109 Å². The third-order valence-corrected chi connectivity index (χ3v) is 6.18. The largest absolute Gasteiger partial charge is 0.489 e. The number of rotatable bonds is 11. The lowest BCUT2D eigenvalue weighted by atomic mass is 9.97. The summed E-state index contributed by atoms with van der Waals surface area (Å²) in [7, 11) is 0. The summed E-state index contributed by atoms with van der Waals surface area (Å²) in [5.74, 6) is -3.69. The van der Waals surface area contributed by atoms with E-state index >= 15 is 4.39 Å². The van der Waals surface area contributed by atoms with Crippen molar-refractivity contribution in [2.24, 2.45) is 5.73 Å². The molecule has 1 unspecified atom stereocenters. The first kappa shape index (κ1) is 28.7. The van der Waals surface area contributed by atoms with Crippen molar-refractivity contribution in [2.45, 2.75) is 12.5 Å². The number of nitrogens with one attached hydrogen (secondary N) is 2. The van der Waals surface area contributed by atoms with Crippen LogP contribution in [0.5, 0.6) is 17.4 Å². The Morgan fingerprint density at radius 1 is 0.837 bits per heavy atom. The number of hydrogen-bond acceptors (Lipinski definition) is 7. The molecule has 1 aromatic heterocycles. The molecule has 0 saturated carbocycles. The fourth-order valence-electron chi connectivity index (χ4n) is 4.07. The van der Waals surface area contributed by atoms with Crippen molar-refractivity contribution < 1.29 is 27.8 Å². The molecule has 0 aliphatic heterocycles. The minimum Gasteiger partial charge on any atom is -0.489 e. The minimum absolute atomic E-state index is 0.0122. The minimum atomic E-state index is -1.50. The van der Waals surface area contributed by atoms with Crippen LogP contribution in [0.2, 0.25) is 0 Å². The van der Waals surface area contributed by atoms with Crippen LogP contribution in [0.25, 0.3) is 0 Å². The molecule has 43 heavy (non-hydrogen) atoms. The number of carbonyl (C=O) groups is 2. The van der Waals surface area contributed by atoms with Crippen molar-refractivity contribution in [3.8, 4) is 17.4 Å². The molecule has 5 aromatic rings. The van der Waals surface area contributed by atoms with E-state index < -0.39 is 29.4 Å². The molecule has 216 valence electrons. The molecular weight excluding hydrogens is 556 g/mol. The zero-order valence-electron chi connectivity index (χ0n) is 22.5. The summed E-state index contributed by atoms with van der Waals surface area (Å²) in [5, 5.41) is 5.59. The van der Waals surface area contributed by atoms with E-state index in [4.69, 9.17) is 15.2 Å². The summed E-state index contributed by atoms with van der Waals surface area (Å²) in [4.78, 5) is 33.0. The van der Waals surface area contributed by atoms with E-state index in [9.17, 15) is 14.0 Å². The Kier molecular flexibility index (Phi) is 8.81. The van der Waals surface area contributed by atoms with Crippen LogP contribution in [0, 0.1) is 11.6 Å². The third kappa shape index (κ3) is 7.67. The molecule has 0 bridgehead atoms. The van der Waals surface area contributed by atoms with Gasteiger partial charge in [0.2, 0.25) is 17.7 Å². The topological polar surface area (TPSA) is 128 Å². The second-order valence-electron chi connectivity index (χ2n) is 9.29. The van der Waals surface area contributed by atoms with Crippen molar-refractivity contribution in [2.75, 3.05) is 10.6 Å². The number of anilines is 3. The fraction of sp³-hybridized carbons (Fsp3) is 0.0625. The van der Waals surface area contributed by atoms with Crippen LogP contribution < -0.4 is 25.8 Å². The van der Waals surface area contributed by atoms with Gasteiger partial charge in [0.25, 0.3) is 0 Å². The predicted molar refractivity (Wildman–Crippen MR) is 156 cm³/mol. The second-order valence-corrected chi connectivity index (χ2v) is 9.29. The van der Waals surface area contributed by atoms with Gasteiger partial charge in [-0.2, -0.15) is 0 Å². The molecule has 1 heterocycles. The first-order chi connectivity index (χ1) is 20.8. The van der Waals surface area contributed by atoms with Crippen molar-refractivity contribution in [1.82, 2.24) is 9.97 Å². The number of benzene rings is 4. The zero-order chi connectivity index (χ0) is 30.2. The highest BCUT2D eigenvalue weighted by Crippen LogP contribution is 2.29. The maximum absolute atomic E-state index is 15.0. The maximum atomic E-state index is 15.0. The van der Waals surface area contributed by atoms with Gasteiger partial charge < -0.3 is 25.8 Å². The number of nitrogens with zero attached hydrogens (tertiary/aromatic N) is 2. The maximum Gasteiger partial charge on any atom is 0.241 e. The fourth-order valence-corrected chi connectivity index (χ4v) is 4.07. The van der Waals surface area contributed by atoms with Crippen molar-refractivity contribution in [1.29, 1.82) is 0 Å². The van der Waals surface area contributed by atoms with Gasteiger partial charge in [0.15, 0.2) is 11.6 Å². The van der Waals surface area contributed by atoms with Crippen LogP contribution in [-0.4, -0.2) is 21.8 Å². The molecule has 0 aliphatic rings. The molecule has 5 rings (SSSR count). The van der Waals surface area contributed by atoms with E-state index in [1.807, 2.05) is 54.6 Å².